The predicted octanol–water partition coefficient (Wildman–Crippen LogP) is 2.44. The average molecular weight is 289 g/mol. The van der Waals surface area contributed by atoms with Crippen molar-refractivity contribution < 1.29 is 14.1 Å². The lowest BCUT2D eigenvalue weighted by Crippen LogP contribution is -2.10. The first-order valence-electron chi connectivity index (χ1n) is 6.04. The van der Waals surface area contributed by atoms with Crippen LogP contribution in [-0.2, 0) is 6.54 Å². The Labute approximate surface area is 119 Å². The Balaban J connectivity index is 2.04. The molecule has 0 saturated heterocycles. The molecule has 0 aliphatic heterocycles. The highest BCUT2D eigenvalue weighted by atomic mass is 19.1. The number of nitro benzene ring substituents is 1. The van der Waals surface area contributed by atoms with Gasteiger partial charge in [-0.05, 0) is 23.8 Å². The SMILES string of the molecule is NC(=O)c1ccc(CNc2ccc([N+](=O)[O-])c(F)c2)cc1. The molecule has 1 amide bonds. The van der Waals surface area contributed by atoms with Crippen molar-refractivity contribution in [3.05, 3.63) is 69.5 Å². The molecule has 0 saturated carbocycles. The number of nitro groups is 1. The molecule has 0 unspecified atom stereocenters. The zero-order valence-electron chi connectivity index (χ0n) is 10.9. The van der Waals surface area contributed by atoms with Crippen molar-refractivity contribution in [2.24, 2.45) is 5.73 Å². The molecular formula is C14H12FN3O3. The molecule has 108 valence electrons. The monoisotopic (exact) mass is 289 g/mol. The van der Waals surface area contributed by atoms with E-state index >= 15 is 0 Å². The lowest BCUT2D eigenvalue weighted by molar-refractivity contribution is -0.387. The fourth-order valence-corrected chi connectivity index (χ4v) is 1.76. The lowest BCUT2D eigenvalue weighted by Gasteiger charge is -2.07. The second-order valence-corrected chi connectivity index (χ2v) is 4.34. The van der Waals surface area contributed by atoms with Gasteiger partial charge in [-0.3, -0.25) is 14.9 Å². The minimum absolute atomic E-state index is 0.385. The second-order valence-electron chi connectivity index (χ2n) is 4.34. The Morgan fingerprint density at radius 3 is 2.43 bits per heavy atom. The maximum atomic E-state index is 13.4. The van der Waals surface area contributed by atoms with Crippen LogP contribution in [0.4, 0.5) is 15.8 Å². The van der Waals surface area contributed by atoms with Gasteiger partial charge in [0.05, 0.1) is 4.92 Å². The molecule has 3 N–H and O–H groups in total. The molecule has 0 fully saturated rings. The van der Waals surface area contributed by atoms with Gasteiger partial charge in [0.2, 0.25) is 11.7 Å². The first-order chi connectivity index (χ1) is 9.97. The summed E-state index contributed by atoms with van der Waals surface area (Å²) in [7, 11) is 0. The van der Waals surface area contributed by atoms with Crippen LogP contribution < -0.4 is 11.1 Å². The van der Waals surface area contributed by atoms with Crippen molar-refractivity contribution in [2.45, 2.75) is 6.54 Å². The van der Waals surface area contributed by atoms with Gasteiger partial charge >= 0.3 is 5.69 Å². The molecule has 2 aromatic rings. The van der Waals surface area contributed by atoms with E-state index in [0.29, 0.717) is 17.8 Å². The Kier molecular flexibility index (Phi) is 4.13. The van der Waals surface area contributed by atoms with Crippen LogP contribution in [0.3, 0.4) is 0 Å². The molecule has 0 spiro atoms. The van der Waals surface area contributed by atoms with Crippen LogP contribution in [0.15, 0.2) is 42.5 Å². The summed E-state index contributed by atoms with van der Waals surface area (Å²) in [5, 5.41) is 13.4. The maximum Gasteiger partial charge on any atom is 0.304 e. The molecular weight excluding hydrogens is 277 g/mol. The number of nitrogens with zero attached hydrogens (tertiary/aromatic N) is 1. The molecule has 0 radical (unpaired) electrons. The number of nitrogens with one attached hydrogen (secondary N) is 1. The number of benzene rings is 2. The molecule has 0 aliphatic rings. The second kappa shape index (κ2) is 6.00. The summed E-state index contributed by atoms with van der Waals surface area (Å²) < 4.78 is 13.4. The Morgan fingerprint density at radius 2 is 1.90 bits per heavy atom. The number of hydrogen-bond donors (Lipinski definition) is 2. The molecule has 21 heavy (non-hydrogen) atoms. The Bertz CT molecular complexity index is 686. The molecule has 2 rings (SSSR count). The molecule has 0 heterocycles. The van der Waals surface area contributed by atoms with E-state index in [1.165, 1.54) is 6.07 Å². The van der Waals surface area contributed by atoms with Crippen LogP contribution >= 0.6 is 0 Å². The van der Waals surface area contributed by atoms with Crippen LogP contribution in [0, 0.1) is 15.9 Å². The van der Waals surface area contributed by atoms with E-state index in [4.69, 9.17) is 5.73 Å². The van der Waals surface area contributed by atoms with Crippen LogP contribution in [0.5, 0.6) is 0 Å². The van der Waals surface area contributed by atoms with E-state index in [9.17, 15) is 19.3 Å². The van der Waals surface area contributed by atoms with Gasteiger partial charge in [-0.15, -0.1) is 0 Å². The number of nitrogens with two attached hydrogens (primary N) is 1. The van der Waals surface area contributed by atoms with Gasteiger partial charge in [0.25, 0.3) is 0 Å². The highest BCUT2D eigenvalue weighted by molar-refractivity contribution is 5.92. The number of rotatable bonds is 5. The fraction of sp³-hybridized carbons (Fsp3) is 0.0714. The van der Waals surface area contributed by atoms with Gasteiger partial charge in [-0.1, -0.05) is 12.1 Å². The highest BCUT2D eigenvalue weighted by Gasteiger charge is 2.13. The Morgan fingerprint density at radius 1 is 1.24 bits per heavy atom. The minimum atomic E-state index is -0.894. The van der Waals surface area contributed by atoms with Crippen LogP contribution in [-0.4, -0.2) is 10.8 Å². The molecule has 0 bridgehead atoms. The van der Waals surface area contributed by atoms with Crippen LogP contribution in [0.25, 0.3) is 0 Å². The van der Waals surface area contributed by atoms with E-state index in [1.54, 1.807) is 24.3 Å². The van der Waals surface area contributed by atoms with Gasteiger partial charge in [-0.25, -0.2) is 0 Å². The van der Waals surface area contributed by atoms with Crippen molar-refractivity contribution in [2.75, 3.05) is 5.32 Å². The third kappa shape index (κ3) is 3.53. The normalized spacial score (nSPS) is 10.1. The zero-order valence-corrected chi connectivity index (χ0v) is 10.9. The minimum Gasteiger partial charge on any atom is -0.381 e. The van der Waals surface area contributed by atoms with Crippen LogP contribution in [0.2, 0.25) is 0 Å². The molecule has 7 heteroatoms. The van der Waals surface area contributed by atoms with E-state index in [2.05, 4.69) is 5.32 Å². The third-order valence-electron chi connectivity index (χ3n) is 2.88. The average Bonchev–Trinajstić information content (AvgIpc) is 2.45. The number of halogens is 1. The number of amides is 1. The summed E-state index contributed by atoms with van der Waals surface area (Å²) in [5.74, 6) is -1.40. The standard InChI is InChI=1S/C14H12FN3O3/c15-12-7-11(5-6-13(12)18(20)21)17-8-9-1-3-10(4-2-9)14(16)19/h1-7,17H,8H2,(H2,16,19). The number of carbonyl (C=O) groups is 1. The van der Waals surface area contributed by atoms with E-state index in [-0.39, 0.29) is 0 Å². The van der Waals surface area contributed by atoms with Gasteiger partial charge in [0, 0.05) is 29.9 Å². The van der Waals surface area contributed by atoms with Crippen molar-refractivity contribution >= 4 is 17.3 Å². The molecule has 0 atom stereocenters. The first kappa shape index (κ1) is 14.4. The van der Waals surface area contributed by atoms with Crippen molar-refractivity contribution in [3.63, 3.8) is 0 Å². The summed E-state index contributed by atoms with van der Waals surface area (Å²) in [6.45, 7) is 0.385. The van der Waals surface area contributed by atoms with Crippen molar-refractivity contribution in [3.8, 4) is 0 Å². The largest absolute Gasteiger partial charge is 0.381 e. The van der Waals surface area contributed by atoms with E-state index < -0.39 is 22.3 Å². The van der Waals surface area contributed by atoms with E-state index in [0.717, 1.165) is 17.7 Å². The van der Waals surface area contributed by atoms with Gasteiger partial charge in [0.1, 0.15) is 0 Å². The van der Waals surface area contributed by atoms with Gasteiger partial charge < -0.3 is 11.1 Å². The molecule has 0 aromatic heterocycles. The maximum absolute atomic E-state index is 13.4. The predicted molar refractivity (Wildman–Crippen MR) is 75.3 cm³/mol. The molecule has 6 nitrogen and oxygen atoms in total. The quantitative estimate of drug-likeness (QED) is 0.652. The molecule has 2 aromatic carbocycles. The van der Waals surface area contributed by atoms with Crippen molar-refractivity contribution in [1.29, 1.82) is 0 Å². The lowest BCUT2D eigenvalue weighted by atomic mass is 10.1. The number of hydrogen-bond acceptors (Lipinski definition) is 4. The summed E-state index contributed by atoms with van der Waals surface area (Å²) in [6.07, 6.45) is 0. The Hall–Kier alpha value is -2.96. The van der Waals surface area contributed by atoms with E-state index in [1.807, 2.05) is 0 Å². The zero-order chi connectivity index (χ0) is 15.4. The summed E-state index contributed by atoms with van der Waals surface area (Å²) >= 11 is 0. The fourth-order valence-electron chi connectivity index (χ4n) is 1.76. The van der Waals surface area contributed by atoms with Gasteiger partial charge in [-0.2, -0.15) is 4.39 Å². The summed E-state index contributed by atoms with van der Waals surface area (Å²) in [4.78, 5) is 20.7. The first-order valence-corrected chi connectivity index (χ1v) is 6.04. The van der Waals surface area contributed by atoms with Gasteiger partial charge in [0.15, 0.2) is 0 Å². The highest BCUT2D eigenvalue weighted by Crippen LogP contribution is 2.21. The number of carbonyl (C=O) groups excluding carboxylic acids is 1. The van der Waals surface area contributed by atoms with Crippen LogP contribution in [0.1, 0.15) is 15.9 Å². The number of primary amides is 1. The smallest absolute Gasteiger partial charge is 0.304 e. The topological polar surface area (TPSA) is 98.3 Å². The summed E-state index contributed by atoms with van der Waals surface area (Å²) in [5.41, 5.74) is 6.26. The summed E-state index contributed by atoms with van der Waals surface area (Å²) in [6, 6.07) is 10.2. The third-order valence-corrected chi connectivity index (χ3v) is 2.88. The molecule has 0 aliphatic carbocycles. The van der Waals surface area contributed by atoms with Crippen molar-refractivity contribution in [1.82, 2.24) is 0 Å². The number of anilines is 1.